The van der Waals surface area contributed by atoms with Gasteiger partial charge in [-0.15, -0.1) is 5.92 Å². The lowest BCUT2D eigenvalue weighted by atomic mass is 9.40. The second kappa shape index (κ2) is 25.3. The number of carbonyl (C=O) groups excluding carboxylic acids is 3. The summed E-state index contributed by atoms with van der Waals surface area (Å²) in [5.41, 5.74) is 9.82. The minimum Gasteiger partial charge on any atom is -0.508 e. The summed E-state index contributed by atoms with van der Waals surface area (Å²) < 4.78 is 6.35. The third-order valence-electron chi connectivity index (χ3n) is 25.0. The van der Waals surface area contributed by atoms with Crippen molar-refractivity contribution in [3.63, 3.8) is 0 Å². The Morgan fingerprint density at radius 1 is 0.920 bits per heavy atom. The molecule has 10 aliphatic rings. The zero-order valence-electron chi connectivity index (χ0n) is 51.9. The van der Waals surface area contributed by atoms with E-state index in [2.05, 4.69) is 54.0 Å². The molecule has 2 aromatic rings. The van der Waals surface area contributed by atoms with Gasteiger partial charge in [-0.3, -0.25) is 19.4 Å². The van der Waals surface area contributed by atoms with E-state index in [9.17, 15) is 35.4 Å². The van der Waals surface area contributed by atoms with E-state index in [1.807, 2.05) is 18.5 Å². The largest absolute Gasteiger partial charge is 0.508 e. The molecule has 0 unspecified atom stereocenters. The highest BCUT2D eigenvalue weighted by atomic mass is 33.1. The standard InChI is InChI=1S/C70H97N5O11S2/c1-5-55-57(58(65(83)86-55)43-22-25-73-33-43)41-9-8-10-42-31-70(85)60-51(21-23-68(70,24-26-74-66(71)72)64(42)67(4,84)56(80)28-38(3)47-20-17-40-14-13-37(2)27-48(40)49(47)29-41)69(45-11-6-7-12-45)32-54(79)62(81)50-36-88-87-35-44(39-15-18-46(77)19-16-39)30-53(78)52(34-76)75-61(60)63(82)59(50)69/h15-19,22,25,33,37-38,41-42,44-45,47-52,54-59,62,64,73,75-77,79-81,84-85H,5-7,10-14,20-21,23-24,26-32,34-36H2,1-4H3,(H4,71,72,74)/t37-,38-,41+,42+,44-,47+,48+,49-,50+,51+,52-,54+,55+,56-,57-,58+,59+,62-,64-,67+,68+,69+,70-/m1/s1. The smallest absolute Gasteiger partial charge is 0.314 e. The van der Waals surface area contributed by atoms with Crippen LogP contribution in [0.4, 0.5) is 0 Å². The highest BCUT2D eigenvalue weighted by Gasteiger charge is 2.76. The molecule has 2 bridgehead atoms. The molecule has 18 heteroatoms. The van der Waals surface area contributed by atoms with E-state index in [1.54, 1.807) is 42.0 Å². The molecule has 3 heterocycles. The number of nitrogens with one attached hydrogen (secondary N) is 2. The Morgan fingerprint density at radius 2 is 1.68 bits per heavy atom. The molecule has 13 N–H and O–H groups in total. The zero-order valence-corrected chi connectivity index (χ0v) is 53.5. The fraction of sp³-hybridized carbons (Fsp3) is 0.714. The van der Waals surface area contributed by atoms with Crippen molar-refractivity contribution >= 4 is 45.1 Å². The van der Waals surface area contributed by atoms with Gasteiger partial charge in [0.25, 0.3) is 0 Å². The molecule has 16 nitrogen and oxygen atoms in total. The number of phenols is 1. The highest BCUT2D eigenvalue weighted by molar-refractivity contribution is 8.76. The van der Waals surface area contributed by atoms with Crippen LogP contribution < -0.4 is 16.8 Å². The maximum Gasteiger partial charge on any atom is 0.314 e. The number of nitrogens with zero attached hydrogens (tertiary/aromatic N) is 1. The molecule has 0 amide bonds. The van der Waals surface area contributed by atoms with Crippen molar-refractivity contribution in [1.29, 1.82) is 0 Å². The topological polar surface area (TPSA) is 294 Å². The number of aromatic nitrogens is 1. The summed E-state index contributed by atoms with van der Waals surface area (Å²) >= 11 is 0. The minimum atomic E-state index is -1.97. The summed E-state index contributed by atoms with van der Waals surface area (Å²) in [7, 11) is 3.06. The number of benzene rings is 1. The van der Waals surface area contributed by atoms with E-state index in [4.69, 9.17) is 16.2 Å². The lowest BCUT2D eigenvalue weighted by Gasteiger charge is -2.66. The van der Waals surface area contributed by atoms with E-state index < -0.39 is 88.5 Å². The van der Waals surface area contributed by atoms with E-state index in [0.29, 0.717) is 48.2 Å². The summed E-state index contributed by atoms with van der Waals surface area (Å²) in [5, 5.41) is 92.6. The van der Waals surface area contributed by atoms with Gasteiger partial charge in [0.1, 0.15) is 17.9 Å². The number of nitrogens with two attached hydrogens (primary N) is 2. The van der Waals surface area contributed by atoms with Gasteiger partial charge in [0.05, 0.1) is 47.7 Å². The molecule has 23 atom stereocenters. The SMILES string of the molecule is CC[C@@H]1OC(=O)[C@@H](c2cc[nH]c2)[C@@H]1[C@H]1C#CC[C@H]2C[C@@]3(O)C4=C5N[C@H](CO)C(=O)C[C@@H](c6ccc(O)cc6)CSSC[C@@H]6[C@@H](O)[C@@H](O)C[C@@](C7CCCC7)([C@@H]6C5=O)[C@H]4CC[C@]3(CCN=C(N)N)[C@H]2[C@@](C)(O)[C@H](O)C[C@@H](C)[C@@H]2CC=C3CC[C@@H](C)C[C@@H]3[C@@H]2C1. The van der Waals surface area contributed by atoms with Crippen molar-refractivity contribution in [1.82, 2.24) is 10.3 Å². The number of carbonyl (C=O) groups is 3. The number of ketones is 2. The quantitative estimate of drug-likeness (QED) is 0.0282. The third kappa shape index (κ3) is 10.9. The first kappa shape index (κ1) is 63.8. The molecule has 5 saturated carbocycles. The first-order valence-corrected chi connectivity index (χ1v) is 35.9. The molecule has 8 aliphatic carbocycles. The molecule has 1 aromatic carbocycles. The molecule has 7 fully saturated rings. The van der Waals surface area contributed by atoms with Crippen molar-refractivity contribution < 1.29 is 54.9 Å². The molecule has 2 aliphatic heterocycles. The van der Waals surface area contributed by atoms with Crippen LogP contribution in [0.15, 0.2) is 70.6 Å². The normalized spacial score (nSPS) is 44.0. The maximum absolute atomic E-state index is 16.8. The Kier molecular flexibility index (Phi) is 18.3. The lowest BCUT2D eigenvalue weighted by Crippen LogP contribution is -2.69. The van der Waals surface area contributed by atoms with E-state index in [0.717, 1.165) is 68.9 Å². The predicted molar refractivity (Wildman–Crippen MR) is 341 cm³/mol. The molecule has 1 aromatic heterocycles. The number of hydrogen-bond acceptors (Lipinski definition) is 15. The van der Waals surface area contributed by atoms with Crippen LogP contribution in [0.5, 0.6) is 5.75 Å². The van der Waals surface area contributed by atoms with Crippen molar-refractivity contribution in [3.8, 4) is 17.6 Å². The van der Waals surface area contributed by atoms with Crippen LogP contribution in [0.2, 0.25) is 0 Å². The highest BCUT2D eigenvalue weighted by Crippen LogP contribution is 2.75. The molecule has 0 spiro atoms. The number of aliphatic imine (C=N–C) groups is 1. The Labute approximate surface area is 527 Å². The summed E-state index contributed by atoms with van der Waals surface area (Å²) in [4.78, 5) is 54.0. The Balaban J connectivity index is 1.05. The van der Waals surface area contributed by atoms with Gasteiger partial charge >= 0.3 is 5.97 Å². The van der Waals surface area contributed by atoms with Gasteiger partial charge in [-0.05, 0) is 184 Å². The number of rotatable bonds is 9. The van der Waals surface area contributed by atoms with Crippen LogP contribution in [-0.4, -0.2) is 131 Å². The predicted octanol–water partition coefficient (Wildman–Crippen LogP) is 8.19. The second-order valence-corrected chi connectivity index (χ2v) is 31.9. The number of esters is 1. The number of H-pyrrole nitrogens is 1. The number of hydrogen-bond donors (Lipinski definition) is 11. The number of fused-ring (bicyclic) bond motifs is 10. The number of guanidine groups is 1. The monoisotopic (exact) mass is 1250 g/mol. The number of allylic oxidation sites excluding steroid dienone is 3. The van der Waals surface area contributed by atoms with E-state index >= 15 is 14.7 Å². The van der Waals surface area contributed by atoms with Gasteiger partial charge in [0.2, 0.25) is 0 Å². The van der Waals surface area contributed by atoms with Crippen LogP contribution in [-0.2, 0) is 19.1 Å². The van der Waals surface area contributed by atoms with Gasteiger partial charge < -0.3 is 62.3 Å². The fourth-order valence-electron chi connectivity index (χ4n) is 21.2. The van der Waals surface area contributed by atoms with Crippen LogP contribution in [0.1, 0.15) is 166 Å². The zero-order chi connectivity index (χ0) is 62.2. The summed E-state index contributed by atoms with van der Waals surface area (Å²) in [5.74, 6) is 3.33. The number of Topliss-reactive ketones (excluding diaryl/α,β-unsaturated/α-hetero) is 2. The van der Waals surface area contributed by atoms with Crippen LogP contribution in [0, 0.1) is 99.6 Å². The molecule has 88 heavy (non-hydrogen) atoms. The molecule has 480 valence electrons. The number of ether oxygens (including phenoxy) is 1. The summed E-state index contributed by atoms with van der Waals surface area (Å²) in [6, 6.07) is 7.42. The second-order valence-electron chi connectivity index (χ2n) is 29.4. The third-order valence-corrected chi connectivity index (χ3v) is 27.6. The number of aromatic amines is 1. The Bertz CT molecular complexity index is 3060. The van der Waals surface area contributed by atoms with Gasteiger partial charge in [-0.1, -0.05) is 84.9 Å². The molecular weight excluding hydrogens is 1150 g/mol. The molecule has 2 saturated heterocycles. The molecule has 12 rings (SSSR count). The number of aliphatic hydroxyl groups is 6. The number of aromatic hydroxyl groups is 1. The van der Waals surface area contributed by atoms with E-state index in [1.165, 1.54) is 16.4 Å². The lowest BCUT2D eigenvalue weighted by molar-refractivity contribution is -0.203. The van der Waals surface area contributed by atoms with Gasteiger partial charge in [-0.2, -0.15) is 0 Å². The van der Waals surface area contributed by atoms with Crippen molar-refractivity contribution in [2.45, 2.75) is 197 Å². The van der Waals surface area contributed by atoms with Crippen LogP contribution in [0.3, 0.4) is 0 Å². The maximum atomic E-state index is 16.8. The molecule has 0 radical (unpaired) electrons. The first-order valence-electron chi connectivity index (χ1n) is 33.4. The fourth-order valence-corrected chi connectivity index (χ4v) is 24.0. The van der Waals surface area contributed by atoms with Crippen LogP contribution >= 0.6 is 21.6 Å². The number of phenolic OH excluding ortho intramolecular Hbond substituents is 1. The summed E-state index contributed by atoms with van der Waals surface area (Å²) in [6.07, 6.45) is 12.3. The average Bonchev–Trinajstić information content (AvgIpc) is 1.38. The van der Waals surface area contributed by atoms with Crippen LogP contribution in [0.25, 0.3) is 0 Å². The van der Waals surface area contributed by atoms with Crippen molar-refractivity contribution in [3.05, 3.63) is 76.8 Å². The Morgan fingerprint density at radius 3 is 2.40 bits per heavy atom. The first-order chi connectivity index (χ1) is 42.2. The average molecular weight is 1250 g/mol. The number of aliphatic hydroxyl groups excluding tert-OH is 4. The van der Waals surface area contributed by atoms with Gasteiger partial charge in [0.15, 0.2) is 17.5 Å². The Hall–Kier alpha value is -4.32. The molecular formula is C70H97N5O11S2. The summed E-state index contributed by atoms with van der Waals surface area (Å²) in [6.45, 7) is 7.73. The van der Waals surface area contributed by atoms with Gasteiger partial charge in [-0.25, -0.2) is 0 Å². The van der Waals surface area contributed by atoms with Gasteiger partial charge in [0, 0.05) is 84.2 Å². The van der Waals surface area contributed by atoms with E-state index in [-0.39, 0.29) is 128 Å². The van der Waals surface area contributed by atoms with Crippen molar-refractivity contribution in [2.24, 2.45) is 104 Å². The van der Waals surface area contributed by atoms with Crippen molar-refractivity contribution in [2.75, 3.05) is 24.7 Å². The minimum absolute atomic E-state index is 0.00179. The number of cyclic esters (lactones) is 1.